The minimum Gasteiger partial charge on any atom is -0.480 e. The van der Waals surface area contributed by atoms with Crippen LogP contribution in [0.3, 0.4) is 0 Å². The van der Waals surface area contributed by atoms with Crippen LogP contribution in [-0.2, 0) is 9.59 Å². The van der Waals surface area contributed by atoms with E-state index in [-0.39, 0.29) is 0 Å². The van der Waals surface area contributed by atoms with Crippen molar-refractivity contribution in [3.05, 3.63) is 0 Å². The van der Waals surface area contributed by atoms with Gasteiger partial charge in [0.05, 0.1) is 12.7 Å². The van der Waals surface area contributed by atoms with Crippen LogP contribution in [-0.4, -0.2) is 57.2 Å². The minimum atomic E-state index is -1.35. The lowest BCUT2D eigenvalue weighted by Crippen LogP contribution is -2.57. The van der Waals surface area contributed by atoms with E-state index in [1.807, 2.05) is 0 Å². The van der Waals surface area contributed by atoms with Crippen LogP contribution in [0.1, 0.15) is 6.92 Å². The van der Waals surface area contributed by atoms with E-state index in [1.54, 1.807) is 0 Å². The molecular formula is C7H14N2O6. The fourth-order valence-corrected chi connectivity index (χ4v) is 0.765. The summed E-state index contributed by atoms with van der Waals surface area (Å²) in [6.45, 7) is 0.538. The Morgan fingerprint density at radius 3 is 2.00 bits per heavy atom. The number of carboxylic acid groups (broad SMARTS) is 2. The molecule has 6 N–H and O–H groups in total. The Labute approximate surface area is 85.5 Å². The maximum absolute atomic E-state index is 10.5. The third-order valence-electron chi connectivity index (χ3n) is 1.64. The Bertz CT molecular complexity index is 232. The quantitative estimate of drug-likeness (QED) is 0.257. The summed E-state index contributed by atoms with van der Waals surface area (Å²) in [5.74, 6) is -2.67. The first kappa shape index (κ1) is 13.8. The highest BCUT2D eigenvalue weighted by Gasteiger charge is 2.25. The highest BCUT2D eigenvalue weighted by molar-refractivity contribution is 5.75. The van der Waals surface area contributed by atoms with Crippen molar-refractivity contribution in [3.8, 4) is 0 Å². The van der Waals surface area contributed by atoms with E-state index < -0.39 is 36.7 Å². The van der Waals surface area contributed by atoms with E-state index in [1.165, 1.54) is 6.92 Å². The second kappa shape index (κ2) is 6.30. The molecular weight excluding hydrogens is 208 g/mol. The van der Waals surface area contributed by atoms with Crippen LogP contribution in [0.2, 0.25) is 0 Å². The molecule has 0 heterocycles. The van der Waals surface area contributed by atoms with E-state index >= 15 is 0 Å². The third kappa shape index (κ3) is 4.70. The highest BCUT2D eigenvalue weighted by Crippen LogP contribution is 1.92. The molecule has 0 aromatic carbocycles. The molecule has 0 spiro atoms. The maximum Gasteiger partial charge on any atom is 0.324 e. The molecule has 0 aliphatic rings. The molecule has 0 bridgehead atoms. The fraction of sp³-hybridized carbons (Fsp3) is 0.714. The molecule has 0 saturated heterocycles. The molecule has 0 saturated carbocycles. The van der Waals surface area contributed by atoms with Crippen molar-refractivity contribution in [2.75, 3.05) is 6.61 Å². The first-order chi connectivity index (χ1) is 6.90. The first-order valence-corrected chi connectivity index (χ1v) is 4.15. The number of hydrazine groups is 1. The largest absolute Gasteiger partial charge is 0.480 e. The smallest absolute Gasteiger partial charge is 0.324 e. The van der Waals surface area contributed by atoms with Crippen molar-refractivity contribution in [3.63, 3.8) is 0 Å². The predicted octanol–water partition coefficient (Wildman–Crippen LogP) is -2.64. The number of hydrogen-bond donors (Lipinski definition) is 6. The SMILES string of the molecule is C[C@@H](O)[C@H](NN[C@@H](CO)C(=O)O)C(=O)O. The highest BCUT2D eigenvalue weighted by atomic mass is 16.4. The Morgan fingerprint density at radius 2 is 1.73 bits per heavy atom. The molecule has 3 atom stereocenters. The zero-order valence-corrected chi connectivity index (χ0v) is 8.04. The zero-order chi connectivity index (χ0) is 12.0. The minimum absolute atomic E-state index is 0.700. The molecule has 0 fully saturated rings. The molecule has 88 valence electrons. The normalized spacial score (nSPS) is 16.7. The number of carboxylic acids is 2. The molecule has 0 aliphatic heterocycles. The molecule has 0 aliphatic carbocycles. The van der Waals surface area contributed by atoms with Gasteiger partial charge in [0.15, 0.2) is 0 Å². The number of rotatable bonds is 7. The van der Waals surface area contributed by atoms with Crippen LogP contribution in [0.25, 0.3) is 0 Å². The van der Waals surface area contributed by atoms with Crippen molar-refractivity contribution in [2.24, 2.45) is 0 Å². The van der Waals surface area contributed by atoms with Crippen molar-refractivity contribution in [1.82, 2.24) is 10.9 Å². The molecule has 0 aromatic heterocycles. The third-order valence-corrected chi connectivity index (χ3v) is 1.64. The van der Waals surface area contributed by atoms with Gasteiger partial charge < -0.3 is 20.4 Å². The number of aliphatic carboxylic acids is 2. The van der Waals surface area contributed by atoms with E-state index in [2.05, 4.69) is 10.9 Å². The molecule has 0 unspecified atom stereocenters. The molecule has 15 heavy (non-hydrogen) atoms. The maximum atomic E-state index is 10.5. The van der Waals surface area contributed by atoms with Gasteiger partial charge in [0.1, 0.15) is 12.1 Å². The van der Waals surface area contributed by atoms with Gasteiger partial charge in [0.2, 0.25) is 0 Å². The number of carbonyl (C=O) groups is 2. The standard InChI is InChI=1S/C7H14N2O6/c1-3(11)5(7(14)15)9-8-4(2-10)6(12)13/h3-5,8-11H,2H2,1H3,(H,12,13)(H,14,15)/t3-,4+,5+/m1/s1. The summed E-state index contributed by atoms with van der Waals surface area (Å²) in [4.78, 5) is 20.9. The zero-order valence-electron chi connectivity index (χ0n) is 8.04. The Morgan fingerprint density at radius 1 is 1.20 bits per heavy atom. The second-order valence-electron chi connectivity index (χ2n) is 2.92. The Kier molecular flexibility index (Phi) is 5.79. The molecule has 0 rings (SSSR count). The van der Waals surface area contributed by atoms with Crippen LogP contribution in [0, 0.1) is 0 Å². The monoisotopic (exact) mass is 222 g/mol. The van der Waals surface area contributed by atoms with Crippen LogP contribution in [0.5, 0.6) is 0 Å². The Hall–Kier alpha value is -1.22. The van der Waals surface area contributed by atoms with Gasteiger partial charge in [-0.05, 0) is 6.92 Å². The van der Waals surface area contributed by atoms with Crippen LogP contribution in [0.15, 0.2) is 0 Å². The molecule has 0 aromatic rings. The van der Waals surface area contributed by atoms with E-state index in [9.17, 15) is 9.59 Å². The summed E-state index contributed by atoms with van der Waals surface area (Å²) in [7, 11) is 0. The summed E-state index contributed by atoms with van der Waals surface area (Å²) in [6.07, 6.45) is -1.21. The van der Waals surface area contributed by atoms with Crippen molar-refractivity contribution >= 4 is 11.9 Å². The van der Waals surface area contributed by atoms with Gasteiger partial charge in [-0.15, -0.1) is 0 Å². The van der Waals surface area contributed by atoms with Gasteiger partial charge in [-0.25, -0.2) is 10.9 Å². The molecule has 0 amide bonds. The van der Waals surface area contributed by atoms with Crippen molar-refractivity contribution in [2.45, 2.75) is 25.1 Å². The fourth-order valence-electron chi connectivity index (χ4n) is 0.765. The van der Waals surface area contributed by atoms with Gasteiger partial charge in [0.25, 0.3) is 0 Å². The summed E-state index contributed by atoms with van der Waals surface area (Å²) in [5.41, 5.74) is 4.20. The predicted molar refractivity (Wildman–Crippen MR) is 47.9 cm³/mol. The van der Waals surface area contributed by atoms with Gasteiger partial charge >= 0.3 is 11.9 Å². The molecule has 8 nitrogen and oxygen atoms in total. The topological polar surface area (TPSA) is 139 Å². The summed E-state index contributed by atoms with van der Waals surface area (Å²) < 4.78 is 0. The Balaban J connectivity index is 4.20. The molecule has 8 heteroatoms. The van der Waals surface area contributed by atoms with Gasteiger partial charge in [-0.1, -0.05) is 0 Å². The number of aliphatic hydroxyl groups is 2. The lowest BCUT2D eigenvalue weighted by atomic mass is 10.2. The van der Waals surface area contributed by atoms with Crippen molar-refractivity contribution in [1.29, 1.82) is 0 Å². The van der Waals surface area contributed by atoms with Gasteiger partial charge in [-0.3, -0.25) is 9.59 Å². The van der Waals surface area contributed by atoms with Crippen molar-refractivity contribution < 1.29 is 30.0 Å². The summed E-state index contributed by atoms with van der Waals surface area (Å²) >= 11 is 0. The number of hydrogen-bond acceptors (Lipinski definition) is 6. The van der Waals surface area contributed by atoms with Crippen LogP contribution < -0.4 is 10.9 Å². The average molecular weight is 222 g/mol. The second-order valence-corrected chi connectivity index (χ2v) is 2.92. The summed E-state index contributed by atoms with van der Waals surface area (Å²) in [6, 6.07) is -2.68. The van der Waals surface area contributed by atoms with E-state index in [0.29, 0.717) is 0 Å². The molecule has 0 radical (unpaired) electrons. The van der Waals surface area contributed by atoms with E-state index in [0.717, 1.165) is 0 Å². The first-order valence-electron chi connectivity index (χ1n) is 4.15. The van der Waals surface area contributed by atoms with Crippen LogP contribution in [0.4, 0.5) is 0 Å². The number of nitrogens with one attached hydrogen (secondary N) is 2. The lowest BCUT2D eigenvalue weighted by Gasteiger charge is -2.20. The lowest BCUT2D eigenvalue weighted by molar-refractivity contribution is -0.145. The number of aliphatic hydroxyl groups excluding tert-OH is 2. The van der Waals surface area contributed by atoms with Gasteiger partial charge in [0, 0.05) is 0 Å². The average Bonchev–Trinajstić information content (AvgIpc) is 2.10. The summed E-state index contributed by atoms with van der Waals surface area (Å²) in [5, 5.41) is 34.7. The van der Waals surface area contributed by atoms with Gasteiger partial charge in [-0.2, -0.15) is 0 Å². The van der Waals surface area contributed by atoms with E-state index in [4.69, 9.17) is 20.4 Å². The van der Waals surface area contributed by atoms with Crippen LogP contribution >= 0.6 is 0 Å².